The van der Waals surface area contributed by atoms with Crippen molar-refractivity contribution in [2.75, 3.05) is 5.32 Å². The molecule has 6 nitrogen and oxygen atoms in total. The van der Waals surface area contributed by atoms with Crippen LogP contribution in [0.5, 0.6) is 0 Å². The molecule has 0 spiro atoms. The third-order valence-electron chi connectivity index (χ3n) is 5.10. The first-order valence-electron chi connectivity index (χ1n) is 9.82. The van der Waals surface area contributed by atoms with E-state index in [0.29, 0.717) is 11.3 Å². The van der Waals surface area contributed by atoms with E-state index in [-0.39, 0.29) is 11.8 Å². The molecular weight excluding hydrogens is 388 g/mol. The van der Waals surface area contributed by atoms with Gasteiger partial charge in [-0.15, -0.1) is 0 Å². The third kappa shape index (κ3) is 3.62. The molecule has 0 unspecified atom stereocenters. The van der Waals surface area contributed by atoms with Gasteiger partial charge in [0.1, 0.15) is 0 Å². The van der Waals surface area contributed by atoms with Crippen LogP contribution in [0.4, 0.5) is 5.69 Å². The maximum atomic E-state index is 12.6. The lowest BCUT2D eigenvalue weighted by Crippen LogP contribution is -2.17. The molecule has 0 fully saturated rings. The second kappa shape index (κ2) is 7.76. The van der Waals surface area contributed by atoms with Gasteiger partial charge in [-0.1, -0.05) is 60.7 Å². The SMILES string of the molecule is O=C(/C=C/c1ccccc1)Nc1cc2c3c(c(-c4ccccc4)[nH]c3c1)C=NNC2=O. The minimum absolute atomic E-state index is 0.282. The Bertz CT molecular complexity index is 1350. The normalized spacial score (nSPS) is 12.7. The van der Waals surface area contributed by atoms with Crippen molar-refractivity contribution in [3.05, 3.63) is 95.6 Å². The third-order valence-corrected chi connectivity index (χ3v) is 5.10. The van der Waals surface area contributed by atoms with Crippen LogP contribution in [0.2, 0.25) is 0 Å². The molecule has 0 atom stereocenters. The predicted molar refractivity (Wildman–Crippen MR) is 123 cm³/mol. The van der Waals surface area contributed by atoms with Crippen molar-refractivity contribution >= 4 is 40.7 Å². The molecule has 2 heterocycles. The molecule has 150 valence electrons. The molecule has 2 amide bonds. The quantitative estimate of drug-likeness (QED) is 0.434. The summed E-state index contributed by atoms with van der Waals surface area (Å²) in [5.74, 6) is -0.606. The lowest BCUT2D eigenvalue weighted by atomic mass is 10.0. The van der Waals surface area contributed by atoms with Crippen molar-refractivity contribution < 1.29 is 9.59 Å². The van der Waals surface area contributed by atoms with E-state index in [4.69, 9.17) is 0 Å². The number of anilines is 1. The highest BCUT2D eigenvalue weighted by atomic mass is 16.2. The Labute approximate surface area is 178 Å². The number of aromatic nitrogens is 1. The van der Waals surface area contributed by atoms with E-state index >= 15 is 0 Å². The molecule has 0 aliphatic carbocycles. The molecular formula is C25H18N4O2. The molecule has 0 radical (unpaired) electrons. The zero-order valence-corrected chi connectivity index (χ0v) is 16.4. The van der Waals surface area contributed by atoms with E-state index in [0.717, 1.165) is 33.3 Å². The number of nitrogens with one attached hydrogen (secondary N) is 3. The number of hydrogen-bond acceptors (Lipinski definition) is 3. The number of H-pyrrole nitrogens is 1. The molecule has 0 saturated carbocycles. The molecule has 3 aromatic carbocycles. The summed E-state index contributed by atoms with van der Waals surface area (Å²) in [6, 6.07) is 22.9. The Morgan fingerprint density at radius 2 is 1.71 bits per heavy atom. The molecule has 4 aromatic rings. The average molecular weight is 406 g/mol. The molecule has 31 heavy (non-hydrogen) atoms. The summed E-state index contributed by atoms with van der Waals surface area (Å²) in [4.78, 5) is 28.5. The topological polar surface area (TPSA) is 86.3 Å². The second-order valence-electron chi connectivity index (χ2n) is 7.16. The van der Waals surface area contributed by atoms with Crippen molar-refractivity contribution in [1.82, 2.24) is 10.4 Å². The summed E-state index contributed by atoms with van der Waals surface area (Å²) >= 11 is 0. The number of amides is 2. The fourth-order valence-electron chi connectivity index (χ4n) is 3.71. The highest BCUT2D eigenvalue weighted by Gasteiger charge is 2.22. The van der Waals surface area contributed by atoms with Crippen molar-refractivity contribution in [3.8, 4) is 11.3 Å². The van der Waals surface area contributed by atoms with Gasteiger partial charge >= 0.3 is 0 Å². The highest BCUT2D eigenvalue weighted by Crippen LogP contribution is 2.34. The van der Waals surface area contributed by atoms with Crippen molar-refractivity contribution in [2.24, 2.45) is 5.10 Å². The number of nitrogens with zero attached hydrogens (tertiary/aromatic N) is 1. The molecule has 6 heteroatoms. The van der Waals surface area contributed by atoms with Gasteiger partial charge in [0.25, 0.3) is 5.91 Å². The number of aromatic amines is 1. The van der Waals surface area contributed by atoms with Crippen LogP contribution in [0.3, 0.4) is 0 Å². The van der Waals surface area contributed by atoms with Crippen LogP contribution in [0.1, 0.15) is 21.5 Å². The number of hydrazone groups is 1. The Hall–Kier alpha value is -4.45. The smallest absolute Gasteiger partial charge is 0.272 e. The number of rotatable bonds is 4. The Balaban J connectivity index is 1.54. The summed E-state index contributed by atoms with van der Waals surface area (Å²) < 4.78 is 0. The van der Waals surface area contributed by atoms with E-state index in [2.05, 4.69) is 20.8 Å². The van der Waals surface area contributed by atoms with Crippen molar-refractivity contribution in [1.29, 1.82) is 0 Å². The predicted octanol–water partition coefficient (Wildman–Crippen LogP) is 4.56. The summed E-state index contributed by atoms with van der Waals surface area (Å²) in [6.07, 6.45) is 4.86. The minimum Gasteiger partial charge on any atom is -0.354 e. The first-order valence-corrected chi connectivity index (χ1v) is 9.82. The number of hydrogen-bond donors (Lipinski definition) is 3. The maximum Gasteiger partial charge on any atom is 0.272 e. The van der Waals surface area contributed by atoms with E-state index in [1.807, 2.05) is 66.7 Å². The van der Waals surface area contributed by atoms with E-state index in [1.54, 1.807) is 18.4 Å². The van der Waals surface area contributed by atoms with Crippen LogP contribution in [0, 0.1) is 0 Å². The van der Waals surface area contributed by atoms with Gasteiger partial charge in [0, 0.05) is 28.2 Å². The van der Waals surface area contributed by atoms with E-state index in [9.17, 15) is 9.59 Å². The zero-order chi connectivity index (χ0) is 21.2. The Kier molecular flexibility index (Phi) is 4.65. The number of benzene rings is 3. The molecule has 0 bridgehead atoms. The molecule has 0 saturated heterocycles. The van der Waals surface area contributed by atoms with Gasteiger partial charge in [-0.2, -0.15) is 5.10 Å². The van der Waals surface area contributed by atoms with Gasteiger partial charge in [0.15, 0.2) is 0 Å². The molecule has 1 aromatic heterocycles. The zero-order valence-electron chi connectivity index (χ0n) is 16.4. The van der Waals surface area contributed by atoms with Gasteiger partial charge < -0.3 is 10.3 Å². The average Bonchev–Trinajstić information content (AvgIpc) is 3.08. The monoisotopic (exact) mass is 406 g/mol. The maximum absolute atomic E-state index is 12.6. The summed E-state index contributed by atoms with van der Waals surface area (Å²) in [5, 5.41) is 7.68. The summed E-state index contributed by atoms with van der Waals surface area (Å²) in [6.45, 7) is 0. The van der Waals surface area contributed by atoms with E-state index < -0.39 is 0 Å². The second-order valence-corrected chi connectivity index (χ2v) is 7.16. The number of carbonyl (C=O) groups is 2. The van der Waals surface area contributed by atoms with Crippen molar-refractivity contribution in [3.63, 3.8) is 0 Å². The number of carbonyl (C=O) groups excluding carboxylic acids is 2. The van der Waals surface area contributed by atoms with Crippen LogP contribution >= 0.6 is 0 Å². The van der Waals surface area contributed by atoms with Crippen LogP contribution < -0.4 is 10.7 Å². The minimum atomic E-state index is -0.325. The molecule has 3 N–H and O–H groups in total. The first kappa shape index (κ1) is 18.6. The molecule has 5 rings (SSSR count). The lowest BCUT2D eigenvalue weighted by molar-refractivity contribution is -0.111. The summed E-state index contributed by atoms with van der Waals surface area (Å²) in [7, 11) is 0. The van der Waals surface area contributed by atoms with Gasteiger partial charge in [0.05, 0.1) is 17.5 Å². The van der Waals surface area contributed by atoms with Gasteiger partial charge in [-0.3, -0.25) is 9.59 Å². The fraction of sp³-hybridized carbons (Fsp3) is 0. The Morgan fingerprint density at radius 3 is 2.48 bits per heavy atom. The highest BCUT2D eigenvalue weighted by molar-refractivity contribution is 6.18. The lowest BCUT2D eigenvalue weighted by Gasteiger charge is -2.07. The van der Waals surface area contributed by atoms with Gasteiger partial charge in [-0.05, 0) is 29.3 Å². The molecule has 1 aliphatic rings. The van der Waals surface area contributed by atoms with E-state index in [1.165, 1.54) is 6.08 Å². The van der Waals surface area contributed by atoms with Crippen LogP contribution in [-0.2, 0) is 4.79 Å². The van der Waals surface area contributed by atoms with Crippen LogP contribution in [0.25, 0.3) is 28.2 Å². The summed E-state index contributed by atoms with van der Waals surface area (Å²) in [5.41, 5.74) is 7.86. The first-order chi connectivity index (χ1) is 15.2. The van der Waals surface area contributed by atoms with Crippen LogP contribution in [-0.4, -0.2) is 23.0 Å². The Morgan fingerprint density at radius 1 is 0.968 bits per heavy atom. The largest absolute Gasteiger partial charge is 0.354 e. The molecule has 1 aliphatic heterocycles. The van der Waals surface area contributed by atoms with Crippen LogP contribution in [0.15, 0.2) is 84.0 Å². The van der Waals surface area contributed by atoms with Crippen molar-refractivity contribution in [2.45, 2.75) is 0 Å². The standard InChI is InChI=1S/C25H18N4O2/c30-22(12-11-16-7-3-1-4-8-16)27-18-13-19-23-20(15-26-29-25(19)31)24(28-21(23)14-18)17-9-5-2-6-10-17/h1-15,28H,(H,27,30)(H,29,31)/b12-11+. The van der Waals surface area contributed by atoms with Gasteiger partial charge in [-0.25, -0.2) is 5.43 Å². The fourth-order valence-corrected chi connectivity index (χ4v) is 3.71. The van der Waals surface area contributed by atoms with Gasteiger partial charge in [0.2, 0.25) is 5.91 Å².